The van der Waals surface area contributed by atoms with Gasteiger partial charge in [0.15, 0.2) is 0 Å². The highest BCUT2D eigenvalue weighted by Crippen LogP contribution is 2.29. The molecule has 0 aromatic heterocycles. The van der Waals surface area contributed by atoms with Crippen molar-refractivity contribution in [3.05, 3.63) is 47.2 Å². The average molecular weight is 508 g/mol. The maximum atomic E-state index is 12.7. The van der Waals surface area contributed by atoms with E-state index >= 15 is 0 Å². The molecular weight excluding hydrogens is 475 g/mol. The lowest BCUT2D eigenvalue weighted by Crippen LogP contribution is -2.57. The Morgan fingerprint density at radius 3 is 2.28 bits per heavy atom. The number of allylic oxidation sites excluding steroid dienone is 1. The Bertz CT molecular complexity index is 980. The van der Waals surface area contributed by atoms with Crippen LogP contribution in [0.3, 0.4) is 0 Å². The van der Waals surface area contributed by atoms with Crippen molar-refractivity contribution in [2.75, 3.05) is 39.3 Å². The average Bonchev–Trinajstić information content (AvgIpc) is 3.40. The molecule has 0 spiro atoms. The Labute approximate surface area is 208 Å². The highest BCUT2D eigenvalue weighted by molar-refractivity contribution is 5.82. The van der Waals surface area contributed by atoms with Crippen LogP contribution in [-0.4, -0.2) is 84.3 Å². The molecule has 0 bridgehead atoms. The number of alkyl halides is 3. The van der Waals surface area contributed by atoms with Gasteiger partial charge in [0.25, 0.3) is 0 Å². The summed E-state index contributed by atoms with van der Waals surface area (Å²) in [5.74, 6) is -0.0386. The van der Waals surface area contributed by atoms with Gasteiger partial charge in [0.2, 0.25) is 5.91 Å². The molecule has 3 aliphatic heterocycles. The van der Waals surface area contributed by atoms with Crippen LogP contribution in [0.15, 0.2) is 41.0 Å². The van der Waals surface area contributed by atoms with Crippen LogP contribution in [0.1, 0.15) is 36.8 Å². The van der Waals surface area contributed by atoms with Crippen molar-refractivity contribution in [2.45, 2.75) is 50.6 Å². The minimum atomic E-state index is -4.39. The number of halogens is 3. The minimum absolute atomic E-state index is 0.0386. The molecule has 2 N–H and O–H groups in total. The molecule has 196 valence electrons. The van der Waals surface area contributed by atoms with Gasteiger partial charge in [-0.15, -0.1) is 0 Å². The number of nitrogens with two attached hydrogens (primary N) is 1. The zero-order chi connectivity index (χ0) is 25.7. The topological polar surface area (TPSA) is 91.5 Å². The largest absolute Gasteiger partial charge is 0.445 e. The fourth-order valence-corrected chi connectivity index (χ4v) is 4.84. The van der Waals surface area contributed by atoms with Gasteiger partial charge >= 0.3 is 12.3 Å². The smallest absolute Gasteiger partial charge is 0.416 e. The highest BCUT2D eigenvalue weighted by Gasteiger charge is 2.32. The number of piperazine rings is 1. The fraction of sp³-hybridized carbons (Fsp3) is 0.560. The van der Waals surface area contributed by atoms with Gasteiger partial charge in [-0.1, -0.05) is 18.2 Å². The maximum Gasteiger partial charge on any atom is 0.416 e. The van der Waals surface area contributed by atoms with Crippen LogP contribution in [0, 0.1) is 0 Å². The fourth-order valence-electron chi connectivity index (χ4n) is 4.84. The van der Waals surface area contributed by atoms with Crippen LogP contribution in [0.2, 0.25) is 0 Å². The van der Waals surface area contributed by atoms with Crippen LogP contribution in [0.5, 0.6) is 0 Å². The normalized spacial score (nSPS) is 20.4. The van der Waals surface area contributed by atoms with E-state index < -0.39 is 23.9 Å². The van der Waals surface area contributed by atoms with Crippen LogP contribution >= 0.6 is 0 Å². The Morgan fingerprint density at radius 1 is 1.03 bits per heavy atom. The lowest BCUT2D eigenvalue weighted by atomic mass is 10.0. The second-order valence-electron chi connectivity index (χ2n) is 9.38. The summed E-state index contributed by atoms with van der Waals surface area (Å²) < 4.78 is 43.3. The molecule has 0 unspecified atom stereocenters. The molecule has 0 radical (unpaired) electrons. The van der Waals surface area contributed by atoms with E-state index in [9.17, 15) is 22.8 Å². The third-order valence-corrected chi connectivity index (χ3v) is 6.97. The SMILES string of the molecule is N[C@@H](CC1=CCC=N1)C(=O)N1CCN(C2CCN(C(=O)OCc3ccc(C(F)(F)F)cc3)CC2)CC1. The molecule has 2 amide bonds. The summed E-state index contributed by atoms with van der Waals surface area (Å²) in [5, 5.41) is 0. The van der Waals surface area contributed by atoms with Crippen molar-refractivity contribution in [2.24, 2.45) is 10.7 Å². The molecule has 0 saturated carbocycles. The number of nitrogens with zero attached hydrogens (tertiary/aromatic N) is 4. The number of carbonyl (C=O) groups is 2. The summed E-state index contributed by atoms with van der Waals surface area (Å²) in [6.45, 7) is 3.82. The summed E-state index contributed by atoms with van der Waals surface area (Å²) in [7, 11) is 0. The molecule has 1 atom stereocenters. The second-order valence-corrected chi connectivity index (χ2v) is 9.38. The third kappa shape index (κ3) is 6.64. The molecule has 1 aromatic carbocycles. The van der Waals surface area contributed by atoms with E-state index in [2.05, 4.69) is 9.89 Å². The molecule has 2 fully saturated rings. The lowest BCUT2D eigenvalue weighted by Gasteiger charge is -2.42. The van der Waals surface area contributed by atoms with Crippen LogP contribution in [0.25, 0.3) is 0 Å². The van der Waals surface area contributed by atoms with Gasteiger partial charge in [0.1, 0.15) is 6.61 Å². The Balaban J connectivity index is 1.16. The van der Waals surface area contributed by atoms with E-state index in [0.29, 0.717) is 44.2 Å². The zero-order valence-corrected chi connectivity index (χ0v) is 20.1. The van der Waals surface area contributed by atoms with Crippen LogP contribution in [0.4, 0.5) is 18.0 Å². The summed E-state index contributed by atoms with van der Waals surface area (Å²) in [6.07, 6.45) is 1.81. The van der Waals surface area contributed by atoms with E-state index in [-0.39, 0.29) is 12.5 Å². The maximum absolute atomic E-state index is 12.7. The van der Waals surface area contributed by atoms with Gasteiger partial charge in [-0.25, -0.2) is 4.79 Å². The van der Waals surface area contributed by atoms with Crippen LogP contribution < -0.4 is 5.73 Å². The first-order valence-electron chi connectivity index (χ1n) is 12.3. The van der Waals surface area contributed by atoms with Gasteiger partial charge < -0.3 is 20.3 Å². The summed E-state index contributed by atoms with van der Waals surface area (Å²) in [5.41, 5.74) is 6.77. The summed E-state index contributed by atoms with van der Waals surface area (Å²) >= 11 is 0. The summed E-state index contributed by atoms with van der Waals surface area (Å²) in [4.78, 5) is 35.2. The number of benzene rings is 1. The molecule has 1 aromatic rings. The molecule has 3 aliphatic rings. The van der Waals surface area contributed by atoms with E-state index in [1.165, 1.54) is 12.1 Å². The van der Waals surface area contributed by atoms with Crippen molar-refractivity contribution in [3.8, 4) is 0 Å². The Morgan fingerprint density at radius 2 is 1.69 bits per heavy atom. The Hall–Kier alpha value is -2.92. The second kappa shape index (κ2) is 11.4. The van der Waals surface area contributed by atoms with Crippen molar-refractivity contribution >= 4 is 18.2 Å². The molecule has 4 rings (SSSR count). The van der Waals surface area contributed by atoms with E-state index in [0.717, 1.165) is 50.2 Å². The van der Waals surface area contributed by atoms with Gasteiger partial charge in [0, 0.05) is 70.1 Å². The van der Waals surface area contributed by atoms with Gasteiger partial charge in [0.05, 0.1) is 11.6 Å². The lowest BCUT2D eigenvalue weighted by molar-refractivity contribution is -0.137. The predicted octanol–water partition coefficient (Wildman–Crippen LogP) is 3.03. The predicted molar refractivity (Wildman–Crippen MR) is 128 cm³/mol. The first-order chi connectivity index (χ1) is 17.2. The number of amides is 2. The number of piperidine rings is 1. The first-order valence-corrected chi connectivity index (χ1v) is 12.3. The monoisotopic (exact) mass is 507 g/mol. The number of ether oxygens (including phenoxy) is 1. The Kier molecular flexibility index (Phi) is 8.30. The quantitative estimate of drug-likeness (QED) is 0.639. The van der Waals surface area contributed by atoms with Gasteiger partial charge in [-0.2, -0.15) is 13.2 Å². The standard InChI is InChI=1S/C25H32F3N5O3/c26-25(27,28)19-5-3-18(4-6-19)17-36-24(35)33-10-7-21(8-11-33)31-12-14-32(15-13-31)23(34)22(29)16-20-2-1-9-30-20/h2-6,9,21-22H,1,7-8,10-17,29H2/t22-/m0/s1. The van der Waals surface area contributed by atoms with Crippen molar-refractivity contribution in [3.63, 3.8) is 0 Å². The van der Waals surface area contributed by atoms with E-state index in [1.807, 2.05) is 17.2 Å². The number of aliphatic imine (C=N–C) groups is 1. The number of rotatable bonds is 6. The summed E-state index contributed by atoms with van der Waals surface area (Å²) in [6, 6.07) is 4.36. The van der Waals surface area contributed by atoms with Gasteiger partial charge in [-0.05, 0) is 30.5 Å². The number of hydrogen-bond acceptors (Lipinski definition) is 6. The first kappa shape index (κ1) is 26.2. The van der Waals surface area contributed by atoms with Gasteiger partial charge in [-0.3, -0.25) is 14.7 Å². The number of hydrogen-bond donors (Lipinski definition) is 1. The highest BCUT2D eigenvalue weighted by atomic mass is 19.4. The zero-order valence-electron chi connectivity index (χ0n) is 20.1. The molecular formula is C25H32F3N5O3. The number of likely N-dealkylation sites (tertiary alicyclic amines) is 1. The molecule has 2 saturated heterocycles. The third-order valence-electron chi connectivity index (χ3n) is 6.97. The molecule has 36 heavy (non-hydrogen) atoms. The molecule has 0 aliphatic carbocycles. The van der Waals surface area contributed by atoms with Crippen molar-refractivity contribution < 1.29 is 27.5 Å². The van der Waals surface area contributed by atoms with Crippen molar-refractivity contribution in [1.82, 2.24) is 14.7 Å². The minimum Gasteiger partial charge on any atom is -0.445 e. The van der Waals surface area contributed by atoms with Crippen LogP contribution in [-0.2, 0) is 22.3 Å². The molecule has 11 heteroatoms. The molecule has 8 nitrogen and oxygen atoms in total. The number of carbonyl (C=O) groups excluding carboxylic acids is 2. The van der Waals surface area contributed by atoms with Crippen molar-refractivity contribution in [1.29, 1.82) is 0 Å². The van der Waals surface area contributed by atoms with E-state index in [1.54, 1.807) is 4.90 Å². The molecule has 3 heterocycles. The van der Waals surface area contributed by atoms with E-state index in [4.69, 9.17) is 10.5 Å².